The minimum Gasteiger partial charge on any atom is -0.469 e. The third-order valence-corrected chi connectivity index (χ3v) is 3.81. The molecule has 0 fully saturated rings. The molecule has 0 spiro atoms. The van der Waals surface area contributed by atoms with E-state index in [1.807, 2.05) is 49.4 Å². The van der Waals surface area contributed by atoms with Crippen LogP contribution in [0.1, 0.15) is 30.8 Å². The minimum atomic E-state index is -0.622. The van der Waals surface area contributed by atoms with Crippen LogP contribution in [0.4, 0.5) is 0 Å². The molecule has 0 radical (unpaired) electrons. The molecule has 1 aromatic carbocycles. The van der Waals surface area contributed by atoms with Crippen molar-refractivity contribution in [2.45, 2.75) is 25.9 Å². The Hall–Kier alpha value is -2.31. The highest BCUT2D eigenvalue weighted by Crippen LogP contribution is 2.11. The van der Waals surface area contributed by atoms with E-state index in [1.54, 1.807) is 6.26 Å². The second-order valence-corrected chi connectivity index (χ2v) is 5.85. The van der Waals surface area contributed by atoms with Crippen molar-refractivity contribution in [1.82, 2.24) is 10.6 Å². The van der Waals surface area contributed by atoms with Gasteiger partial charge in [-0.15, -0.1) is 0 Å². The average Bonchev–Trinajstić information content (AvgIpc) is 3.19. The molecule has 1 atom stereocenters. The third-order valence-electron chi connectivity index (χ3n) is 3.81. The second-order valence-electron chi connectivity index (χ2n) is 5.85. The van der Waals surface area contributed by atoms with E-state index in [-0.39, 0.29) is 0 Å². The molecular formula is C20H29N3O3. The molecule has 2 aromatic rings. The lowest BCUT2D eigenvalue weighted by Gasteiger charge is -2.14. The number of aliphatic hydroxyl groups is 1. The van der Waals surface area contributed by atoms with Gasteiger partial charge in [0, 0.05) is 32.7 Å². The van der Waals surface area contributed by atoms with Gasteiger partial charge in [-0.25, -0.2) is 0 Å². The number of guanidine groups is 1. The Bertz CT molecular complexity index is 614. The first-order chi connectivity index (χ1) is 12.8. The van der Waals surface area contributed by atoms with Gasteiger partial charge in [0.2, 0.25) is 0 Å². The molecule has 1 heterocycles. The SMILES string of the molecule is CCOCCCNC(=NCC(O)c1ccccc1)NCCc1ccco1. The lowest BCUT2D eigenvalue weighted by Crippen LogP contribution is -2.39. The summed E-state index contributed by atoms with van der Waals surface area (Å²) >= 11 is 0. The smallest absolute Gasteiger partial charge is 0.191 e. The highest BCUT2D eigenvalue weighted by atomic mass is 16.5. The largest absolute Gasteiger partial charge is 0.469 e. The van der Waals surface area contributed by atoms with E-state index < -0.39 is 6.10 Å². The van der Waals surface area contributed by atoms with E-state index in [1.165, 1.54) is 0 Å². The van der Waals surface area contributed by atoms with Crippen LogP contribution in [0, 0.1) is 0 Å². The lowest BCUT2D eigenvalue weighted by molar-refractivity contribution is 0.145. The molecule has 0 saturated heterocycles. The van der Waals surface area contributed by atoms with Gasteiger partial charge in [-0.05, 0) is 31.0 Å². The summed E-state index contributed by atoms with van der Waals surface area (Å²) < 4.78 is 10.7. The van der Waals surface area contributed by atoms with Crippen LogP contribution in [0.5, 0.6) is 0 Å². The third kappa shape index (κ3) is 7.72. The maximum atomic E-state index is 10.3. The van der Waals surface area contributed by atoms with Gasteiger partial charge in [-0.2, -0.15) is 0 Å². The van der Waals surface area contributed by atoms with Crippen LogP contribution in [0.15, 0.2) is 58.1 Å². The maximum Gasteiger partial charge on any atom is 0.191 e. The lowest BCUT2D eigenvalue weighted by atomic mass is 10.1. The standard InChI is InChI=1S/C20H29N3O3/c1-2-25-14-7-12-21-20(22-13-11-18-10-6-15-26-18)23-16-19(24)17-8-4-3-5-9-17/h3-6,8-10,15,19,24H,2,7,11-14,16H2,1H3,(H2,21,22,23). The number of aliphatic hydroxyl groups excluding tert-OH is 1. The van der Waals surface area contributed by atoms with Crippen LogP contribution in [0.2, 0.25) is 0 Å². The summed E-state index contributed by atoms with van der Waals surface area (Å²) in [6.07, 6.45) is 2.72. The summed E-state index contributed by atoms with van der Waals surface area (Å²) in [7, 11) is 0. The topological polar surface area (TPSA) is 79.0 Å². The van der Waals surface area contributed by atoms with Gasteiger partial charge in [0.05, 0.1) is 18.9 Å². The van der Waals surface area contributed by atoms with Crippen molar-refractivity contribution in [3.8, 4) is 0 Å². The molecule has 1 aromatic heterocycles. The molecule has 1 unspecified atom stereocenters. The average molecular weight is 359 g/mol. The number of hydrogen-bond acceptors (Lipinski definition) is 4. The van der Waals surface area contributed by atoms with Crippen molar-refractivity contribution in [2.75, 3.05) is 32.8 Å². The zero-order valence-corrected chi connectivity index (χ0v) is 15.4. The highest BCUT2D eigenvalue weighted by molar-refractivity contribution is 5.79. The number of hydrogen-bond donors (Lipinski definition) is 3. The summed E-state index contributed by atoms with van der Waals surface area (Å²) in [5.74, 6) is 1.61. The van der Waals surface area contributed by atoms with Crippen molar-refractivity contribution in [2.24, 2.45) is 4.99 Å². The molecule has 6 heteroatoms. The Morgan fingerprint density at radius 3 is 2.69 bits per heavy atom. The number of furan rings is 1. The fraction of sp³-hybridized carbons (Fsp3) is 0.450. The van der Waals surface area contributed by atoms with Crippen LogP contribution < -0.4 is 10.6 Å². The van der Waals surface area contributed by atoms with Crippen molar-refractivity contribution in [3.63, 3.8) is 0 Å². The first-order valence-electron chi connectivity index (χ1n) is 9.15. The molecule has 3 N–H and O–H groups in total. The quantitative estimate of drug-likeness (QED) is 0.326. The molecule has 0 saturated carbocycles. The molecule has 142 valence electrons. The number of ether oxygens (including phenoxy) is 1. The van der Waals surface area contributed by atoms with Crippen LogP contribution in [-0.2, 0) is 11.2 Å². The van der Waals surface area contributed by atoms with Gasteiger partial charge in [-0.1, -0.05) is 30.3 Å². The molecule has 0 amide bonds. The molecule has 0 aliphatic heterocycles. The van der Waals surface area contributed by atoms with Gasteiger partial charge < -0.3 is 24.9 Å². The normalized spacial score (nSPS) is 12.8. The van der Waals surface area contributed by atoms with E-state index in [4.69, 9.17) is 9.15 Å². The summed E-state index contributed by atoms with van der Waals surface area (Å²) in [6, 6.07) is 13.4. The van der Waals surface area contributed by atoms with Crippen molar-refractivity contribution in [3.05, 3.63) is 60.1 Å². The molecule has 6 nitrogen and oxygen atoms in total. The highest BCUT2D eigenvalue weighted by Gasteiger charge is 2.07. The van der Waals surface area contributed by atoms with E-state index >= 15 is 0 Å². The molecule has 0 aliphatic carbocycles. The zero-order valence-electron chi connectivity index (χ0n) is 15.4. The molecule has 26 heavy (non-hydrogen) atoms. The monoisotopic (exact) mass is 359 g/mol. The first kappa shape index (κ1) is 20.0. The Labute approximate surface area is 155 Å². The van der Waals surface area contributed by atoms with Crippen molar-refractivity contribution < 1.29 is 14.3 Å². The van der Waals surface area contributed by atoms with Gasteiger partial charge >= 0.3 is 0 Å². The van der Waals surface area contributed by atoms with Crippen molar-refractivity contribution >= 4 is 5.96 Å². The van der Waals surface area contributed by atoms with Gasteiger partial charge in [0.25, 0.3) is 0 Å². The molecule has 0 aliphatic rings. The minimum absolute atomic E-state index is 0.297. The Morgan fingerprint density at radius 1 is 1.15 bits per heavy atom. The van der Waals surface area contributed by atoms with E-state index in [0.29, 0.717) is 19.0 Å². The fourth-order valence-electron chi connectivity index (χ4n) is 2.42. The summed E-state index contributed by atoms with van der Waals surface area (Å²) in [5, 5.41) is 16.9. The van der Waals surface area contributed by atoms with Gasteiger partial charge in [0.15, 0.2) is 5.96 Å². The number of nitrogens with one attached hydrogen (secondary N) is 2. The predicted molar refractivity (Wildman–Crippen MR) is 103 cm³/mol. The Morgan fingerprint density at radius 2 is 1.96 bits per heavy atom. The van der Waals surface area contributed by atoms with E-state index in [2.05, 4.69) is 15.6 Å². The first-order valence-corrected chi connectivity index (χ1v) is 9.15. The molecule has 2 rings (SSSR count). The van der Waals surface area contributed by atoms with E-state index in [9.17, 15) is 5.11 Å². The maximum absolute atomic E-state index is 10.3. The van der Waals surface area contributed by atoms with Crippen molar-refractivity contribution in [1.29, 1.82) is 0 Å². The Balaban J connectivity index is 1.83. The second kappa shape index (κ2) is 12.1. The van der Waals surface area contributed by atoms with Crippen LogP contribution in [0.25, 0.3) is 0 Å². The number of aliphatic imine (C=N–C) groups is 1. The van der Waals surface area contributed by atoms with Gasteiger partial charge in [-0.3, -0.25) is 4.99 Å². The number of benzene rings is 1. The molecular weight excluding hydrogens is 330 g/mol. The van der Waals surface area contributed by atoms with E-state index in [0.717, 1.165) is 43.9 Å². The summed E-state index contributed by atoms with van der Waals surface area (Å²) in [6.45, 7) is 5.19. The molecule has 0 bridgehead atoms. The number of nitrogens with zero attached hydrogens (tertiary/aromatic N) is 1. The van der Waals surface area contributed by atoms with Crippen LogP contribution in [-0.4, -0.2) is 43.9 Å². The number of rotatable bonds is 11. The summed E-state index contributed by atoms with van der Waals surface area (Å²) in [4.78, 5) is 4.51. The van der Waals surface area contributed by atoms with Gasteiger partial charge in [0.1, 0.15) is 5.76 Å². The predicted octanol–water partition coefficient (Wildman–Crippen LogP) is 2.52. The van der Waals surface area contributed by atoms with Crippen LogP contribution >= 0.6 is 0 Å². The Kier molecular flexibility index (Phi) is 9.32. The zero-order chi connectivity index (χ0) is 18.5. The van der Waals surface area contributed by atoms with Crippen LogP contribution in [0.3, 0.4) is 0 Å². The summed E-state index contributed by atoms with van der Waals surface area (Å²) in [5.41, 5.74) is 0.863. The fourth-order valence-corrected chi connectivity index (χ4v) is 2.42.